The quantitative estimate of drug-likeness (QED) is 0.778. The van der Waals surface area contributed by atoms with Crippen LogP contribution in [0.3, 0.4) is 0 Å². The Morgan fingerprint density at radius 3 is 2.72 bits per heavy atom. The fraction of sp³-hybridized carbons (Fsp3) is 0.917. The zero-order chi connectivity index (χ0) is 13.6. The van der Waals surface area contributed by atoms with E-state index in [0.29, 0.717) is 19.4 Å². The first-order valence-corrected chi connectivity index (χ1v) is 6.37. The van der Waals surface area contributed by atoms with Gasteiger partial charge in [0.1, 0.15) is 6.61 Å². The molecule has 18 heavy (non-hydrogen) atoms. The number of hydrogen-bond acceptors (Lipinski definition) is 2. The van der Waals surface area contributed by atoms with Crippen LogP contribution in [-0.4, -0.2) is 31.3 Å². The first kappa shape index (κ1) is 15.3. The van der Waals surface area contributed by atoms with Gasteiger partial charge in [0.25, 0.3) is 0 Å². The lowest BCUT2D eigenvalue weighted by molar-refractivity contribution is -0.184. The van der Waals surface area contributed by atoms with Crippen molar-refractivity contribution in [1.82, 2.24) is 5.32 Å². The third kappa shape index (κ3) is 5.25. The van der Waals surface area contributed by atoms with Gasteiger partial charge in [0, 0.05) is 12.6 Å². The van der Waals surface area contributed by atoms with Gasteiger partial charge in [-0.15, -0.1) is 0 Å². The molecule has 0 radical (unpaired) electrons. The van der Waals surface area contributed by atoms with Crippen molar-refractivity contribution in [3.63, 3.8) is 0 Å². The van der Waals surface area contributed by atoms with Gasteiger partial charge in [0.05, 0.1) is 5.92 Å². The Bertz CT molecular complexity index is 269. The average molecular weight is 267 g/mol. The zero-order valence-electron chi connectivity index (χ0n) is 10.6. The minimum atomic E-state index is -4.15. The maximum absolute atomic E-state index is 12.6. The van der Waals surface area contributed by atoms with Crippen LogP contribution in [0.15, 0.2) is 0 Å². The standard InChI is InChI=1S/C12H20F3NO2/c1-2-6-18-8-11(17)16-10-5-3-4-9(7-10)12(13,14)15/h9-10H,2-8H2,1H3,(H,16,17). The van der Waals surface area contributed by atoms with Crippen LogP contribution < -0.4 is 5.32 Å². The van der Waals surface area contributed by atoms with E-state index in [4.69, 9.17) is 4.74 Å². The van der Waals surface area contributed by atoms with Crippen molar-refractivity contribution in [3.05, 3.63) is 0 Å². The largest absolute Gasteiger partial charge is 0.391 e. The molecule has 0 aromatic carbocycles. The van der Waals surface area contributed by atoms with E-state index in [0.717, 1.165) is 6.42 Å². The van der Waals surface area contributed by atoms with Crippen molar-refractivity contribution in [2.75, 3.05) is 13.2 Å². The van der Waals surface area contributed by atoms with Crippen LogP contribution in [0.1, 0.15) is 39.0 Å². The number of alkyl halides is 3. The highest BCUT2D eigenvalue weighted by atomic mass is 19.4. The molecule has 1 aliphatic rings. The molecule has 1 aliphatic carbocycles. The van der Waals surface area contributed by atoms with Crippen molar-refractivity contribution < 1.29 is 22.7 Å². The van der Waals surface area contributed by atoms with E-state index in [-0.39, 0.29) is 31.4 Å². The lowest BCUT2D eigenvalue weighted by Crippen LogP contribution is -2.42. The Kier molecular flexibility index (Phi) is 5.91. The highest BCUT2D eigenvalue weighted by molar-refractivity contribution is 5.77. The molecule has 0 spiro atoms. The summed E-state index contributed by atoms with van der Waals surface area (Å²) in [6, 6.07) is -0.372. The molecule has 0 saturated heterocycles. The molecule has 0 bridgehead atoms. The fourth-order valence-corrected chi connectivity index (χ4v) is 2.20. The Morgan fingerprint density at radius 2 is 2.11 bits per heavy atom. The van der Waals surface area contributed by atoms with Crippen LogP contribution in [0, 0.1) is 5.92 Å². The van der Waals surface area contributed by atoms with E-state index >= 15 is 0 Å². The maximum Gasteiger partial charge on any atom is 0.391 e. The molecule has 2 atom stereocenters. The molecular formula is C12H20F3NO2. The number of rotatable bonds is 5. The van der Waals surface area contributed by atoms with Gasteiger partial charge >= 0.3 is 6.18 Å². The third-order valence-corrected chi connectivity index (χ3v) is 3.08. The van der Waals surface area contributed by atoms with Gasteiger partial charge in [0.15, 0.2) is 0 Å². The van der Waals surface area contributed by atoms with Gasteiger partial charge in [-0.2, -0.15) is 13.2 Å². The van der Waals surface area contributed by atoms with Crippen molar-refractivity contribution in [2.45, 2.75) is 51.2 Å². The summed E-state index contributed by atoms with van der Waals surface area (Å²) in [5, 5.41) is 2.62. The molecule has 1 rings (SSSR count). The number of nitrogens with one attached hydrogen (secondary N) is 1. The average Bonchev–Trinajstić information content (AvgIpc) is 2.28. The van der Waals surface area contributed by atoms with E-state index in [9.17, 15) is 18.0 Å². The predicted octanol–water partition coefficient (Wildman–Crippen LogP) is 2.65. The highest BCUT2D eigenvalue weighted by Crippen LogP contribution is 2.37. The van der Waals surface area contributed by atoms with Gasteiger partial charge in [-0.3, -0.25) is 4.79 Å². The van der Waals surface area contributed by atoms with E-state index in [1.807, 2.05) is 6.92 Å². The SMILES string of the molecule is CCCOCC(=O)NC1CCCC(C(F)(F)F)C1. The number of ether oxygens (including phenoxy) is 1. The summed E-state index contributed by atoms with van der Waals surface area (Å²) in [6.45, 7) is 2.34. The Morgan fingerprint density at radius 1 is 1.39 bits per heavy atom. The molecule has 0 aromatic rings. The molecule has 0 aliphatic heterocycles. The summed E-state index contributed by atoms with van der Waals surface area (Å²) in [7, 11) is 0. The zero-order valence-corrected chi connectivity index (χ0v) is 10.6. The second kappa shape index (κ2) is 6.97. The molecule has 3 nitrogen and oxygen atoms in total. The lowest BCUT2D eigenvalue weighted by atomic mass is 9.85. The summed E-state index contributed by atoms with van der Waals surface area (Å²) >= 11 is 0. The smallest absolute Gasteiger partial charge is 0.372 e. The van der Waals surface area contributed by atoms with E-state index in [2.05, 4.69) is 5.32 Å². The second-order valence-corrected chi connectivity index (χ2v) is 4.72. The highest BCUT2D eigenvalue weighted by Gasteiger charge is 2.42. The van der Waals surface area contributed by atoms with E-state index in [1.54, 1.807) is 0 Å². The second-order valence-electron chi connectivity index (χ2n) is 4.72. The van der Waals surface area contributed by atoms with Gasteiger partial charge in [-0.25, -0.2) is 0 Å². The van der Waals surface area contributed by atoms with E-state index in [1.165, 1.54) is 0 Å². The molecule has 1 N–H and O–H groups in total. The van der Waals surface area contributed by atoms with E-state index < -0.39 is 12.1 Å². The minimum absolute atomic E-state index is 0.0109. The van der Waals surface area contributed by atoms with Gasteiger partial charge in [-0.1, -0.05) is 13.3 Å². The third-order valence-electron chi connectivity index (χ3n) is 3.08. The van der Waals surface area contributed by atoms with Crippen LogP contribution >= 0.6 is 0 Å². The molecule has 1 saturated carbocycles. The number of halogens is 3. The molecule has 1 amide bonds. The van der Waals surface area contributed by atoms with Gasteiger partial charge < -0.3 is 10.1 Å². The normalized spacial score (nSPS) is 24.9. The number of carbonyl (C=O) groups is 1. The van der Waals surface area contributed by atoms with Crippen molar-refractivity contribution in [1.29, 1.82) is 0 Å². The monoisotopic (exact) mass is 267 g/mol. The first-order valence-electron chi connectivity index (χ1n) is 6.37. The van der Waals surface area contributed by atoms with Crippen LogP contribution in [0.5, 0.6) is 0 Å². The van der Waals surface area contributed by atoms with Crippen LogP contribution in [-0.2, 0) is 9.53 Å². The summed E-state index contributed by atoms with van der Waals surface area (Å²) in [5.74, 6) is -1.61. The molecular weight excluding hydrogens is 247 g/mol. The Balaban J connectivity index is 2.31. The minimum Gasteiger partial charge on any atom is -0.372 e. The number of amides is 1. The molecule has 0 aromatic heterocycles. The lowest BCUT2D eigenvalue weighted by Gasteiger charge is -2.30. The predicted molar refractivity (Wildman–Crippen MR) is 61.1 cm³/mol. The molecule has 2 unspecified atom stereocenters. The molecule has 6 heteroatoms. The van der Waals surface area contributed by atoms with Crippen molar-refractivity contribution in [2.24, 2.45) is 5.92 Å². The van der Waals surface area contributed by atoms with Crippen molar-refractivity contribution >= 4 is 5.91 Å². The molecule has 0 heterocycles. The molecule has 1 fully saturated rings. The van der Waals surface area contributed by atoms with Crippen molar-refractivity contribution in [3.8, 4) is 0 Å². The van der Waals surface area contributed by atoms with Gasteiger partial charge in [-0.05, 0) is 25.7 Å². The summed E-state index contributed by atoms with van der Waals surface area (Å²) < 4.78 is 42.7. The summed E-state index contributed by atoms with van der Waals surface area (Å²) in [5.41, 5.74) is 0. The summed E-state index contributed by atoms with van der Waals surface area (Å²) in [6.07, 6.45) is -2.06. The number of carbonyl (C=O) groups excluding carboxylic acids is 1. The van der Waals surface area contributed by atoms with Gasteiger partial charge in [0.2, 0.25) is 5.91 Å². The Hall–Kier alpha value is -0.780. The topological polar surface area (TPSA) is 38.3 Å². The summed E-state index contributed by atoms with van der Waals surface area (Å²) in [4.78, 5) is 11.4. The molecule has 106 valence electrons. The Labute approximate surface area is 105 Å². The first-order chi connectivity index (χ1) is 8.43. The van der Waals surface area contributed by atoms with Crippen LogP contribution in [0.4, 0.5) is 13.2 Å². The fourth-order valence-electron chi connectivity index (χ4n) is 2.20. The number of hydrogen-bond donors (Lipinski definition) is 1. The maximum atomic E-state index is 12.6. The van der Waals surface area contributed by atoms with Crippen LogP contribution in [0.25, 0.3) is 0 Å². The van der Waals surface area contributed by atoms with Crippen LogP contribution in [0.2, 0.25) is 0 Å².